The number of amides is 2. The molecule has 2 heterocycles. The Morgan fingerprint density at radius 1 is 1.31 bits per heavy atom. The molecule has 0 saturated carbocycles. The number of nitrogen functional groups attached to an aromatic ring is 1. The van der Waals surface area contributed by atoms with Crippen molar-refractivity contribution in [2.45, 2.75) is 19.4 Å². The summed E-state index contributed by atoms with van der Waals surface area (Å²) < 4.78 is 16.1. The van der Waals surface area contributed by atoms with E-state index in [1.807, 2.05) is 6.07 Å². The van der Waals surface area contributed by atoms with Crippen LogP contribution in [0.3, 0.4) is 0 Å². The molecule has 2 aromatic carbocycles. The number of hydrogen-bond acceptors (Lipinski definition) is 9. The first-order chi connectivity index (χ1) is 18.7. The van der Waals surface area contributed by atoms with Crippen LogP contribution in [0.2, 0.25) is 5.02 Å². The van der Waals surface area contributed by atoms with Gasteiger partial charge in [0.15, 0.2) is 0 Å². The van der Waals surface area contributed by atoms with E-state index in [2.05, 4.69) is 30.9 Å². The van der Waals surface area contributed by atoms with Crippen molar-refractivity contribution < 1.29 is 14.3 Å². The van der Waals surface area contributed by atoms with Crippen LogP contribution in [0, 0.1) is 17.1 Å². The molecule has 6 N–H and O–H groups in total. The zero-order valence-electron chi connectivity index (χ0n) is 20.6. The van der Waals surface area contributed by atoms with Gasteiger partial charge >= 0.3 is 6.03 Å². The van der Waals surface area contributed by atoms with Gasteiger partial charge in [-0.25, -0.2) is 24.1 Å². The van der Waals surface area contributed by atoms with Gasteiger partial charge in [0, 0.05) is 18.8 Å². The van der Waals surface area contributed by atoms with Crippen molar-refractivity contribution in [2.24, 2.45) is 0 Å². The number of aliphatic hydroxyl groups excluding tert-OH is 1. The van der Waals surface area contributed by atoms with Crippen molar-refractivity contribution in [3.05, 3.63) is 75.3 Å². The van der Waals surface area contributed by atoms with Gasteiger partial charge in [-0.2, -0.15) is 5.26 Å². The number of halogens is 2. The minimum absolute atomic E-state index is 0.00771. The topological polar surface area (TPSA) is 184 Å². The summed E-state index contributed by atoms with van der Waals surface area (Å²) in [4.78, 5) is 38.3. The highest BCUT2D eigenvalue weighted by Crippen LogP contribution is 2.28. The lowest BCUT2D eigenvalue weighted by Crippen LogP contribution is -2.30. The zero-order chi connectivity index (χ0) is 28.1. The van der Waals surface area contributed by atoms with Crippen LogP contribution in [0.4, 0.5) is 26.5 Å². The summed E-state index contributed by atoms with van der Waals surface area (Å²) in [5, 5.41) is 26.5. The summed E-state index contributed by atoms with van der Waals surface area (Å²) in [5.74, 6) is -0.620. The Morgan fingerprint density at radius 3 is 2.85 bits per heavy atom. The fourth-order valence-electron chi connectivity index (χ4n) is 3.84. The van der Waals surface area contributed by atoms with Gasteiger partial charge in [-0.15, -0.1) is 0 Å². The molecule has 0 bridgehead atoms. The van der Waals surface area contributed by atoms with Crippen LogP contribution in [0.15, 0.2) is 47.5 Å². The molecule has 4 rings (SSSR count). The summed E-state index contributed by atoms with van der Waals surface area (Å²) in [7, 11) is 0. The number of aromatic nitrogens is 4. The molecular weight excluding hydrogens is 529 g/mol. The second kappa shape index (κ2) is 11.7. The number of benzene rings is 2. The monoisotopic (exact) mass is 551 g/mol. The van der Waals surface area contributed by atoms with Crippen LogP contribution in [-0.2, 0) is 0 Å². The highest BCUT2D eigenvalue weighted by atomic mass is 35.5. The van der Waals surface area contributed by atoms with E-state index in [0.29, 0.717) is 17.8 Å². The van der Waals surface area contributed by atoms with E-state index in [1.54, 1.807) is 25.1 Å². The highest BCUT2D eigenvalue weighted by molar-refractivity contribution is 6.35. The fraction of sp³-hybridized carbons (Fsp3) is 0.200. The third kappa shape index (κ3) is 5.71. The molecule has 0 aliphatic heterocycles. The Morgan fingerprint density at radius 2 is 2.10 bits per heavy atom. The van der Waals surface area contributed by atoms with Crippen molar-refractivity contribution >= 4 is 45.9 Å². The van der Waals surface area contributed by atoms with Crippen molar-refractivity contribution in [3.8, 4) is 11.8 Å². The smallest absolute Gasteiger partial charge is 0.319 e. The lowest BCUT2D eigenvalue weighted by Gasteiger charge is -2.21. The van der Waals surface area contributed by atoms with Crippen molar-refractivity contribution in [2.75, 3.05) is 29.5 Å². The van der Waals surface area contributed by atoms with Gasteiger partial charge in [0.1, 0.15) is 46.8 Å². The van der Waals surface area contributed by atoms with Gasteiger partial charge < -0.3 is 26.8 Å². The maximum Gasteiger partial charge on any atom is 0.319 e. The quantitative estimate of drug-likeness (QED) is 0.205. The molecule has 0 radical (unpaired) electrons. The highest BCUT2D eigenvalue weighted by Gasteiger charge is 2.23. The van der Waals surface area contributed by atoms with Crippen LogP contribution in [0.1, 0.15) is 30.8 Å². The number of fused-ring (bicyclic) bond motifs is 1. The molecule has 4 aromatic rings. The summed E-state index contributed by atoms with van der Waals surface area (Å²) in [6, 6.07) is 9.38. The molecule has 2 aromatic heterocycles. The normalized spacial score (nSPS) is 11.6. The molecule has 1 atom stereocenters. The summed E-state index contributed by atoms with van der Waals surface area (Å²) in [6.45, 7) is 1.84. The van der Waals surface area contributed by atoms with E-state index in [9.17, 15) is 19.2 Å². The number of rotatable bonds is 8. The van der Waals surface area contributed by atoms with Gasteiger partial charge in [0.2, 0.25) is 0 Å². The number of nitriles is 1. The maximum absolute atomic E-state index is 14.8. The van der Waals surface area contributed by atoms with Crippen molar-refractivity contribution in [1.82, 2.24) is 24.8 Å². The minimum atomic E-state index is -0.805. The van der Waals surface area contributed by atoms with Crippen LogP contribution < -0.4 is 27.2 Å². The largest absolute Gasteiger partial charge is 0.396 e. The standard InChI is InChI=1S/C25H23ClFN9O3/c1-13(33-22-16(11-28)21(29)31-12-32-22)23-35-20-18(27)7-6-17(26)19(20)24(38)36(23)15-5-2-4-14(10-15)34-25(39)30-8-3-9-37/h2,4-7,10,12-13,37H,3,8-9H2,1H3,(H2,30,34,39)(H3,29,31,32,33)/t13-/m0/s1. The van der Waals surface area contributed by atoms with Gasteiger partial charge in [-0.05, 0) is 43.7 Å². The number of nitrogens with one attached hydrogen (secondary N) is 3. The minimum Gasteiger partial charge on any atom is -0.396 e. The van der Waals surface area contributed by atoms with Gasteiger partial charge in [0.25, 0.3) is 5.56 Å². The first-order valence-electron chi connectivity index (χ1n) is 11.7. The SMILES string of the molecule is C[C@H](Nc1ncnc(N)c1C#N)c1nc2c(F)ccc(Cl)c2c(=O)n1-c1cccc(NC(=O)NCCCO)c1. The van der Waals surface area contributed by atoms with Gasteiger partial charge in [-0.3, -0.25) is 9.36 Å². The number of carbonyl (C=O) groups excluding carboxylic acids is 1. The molecule has 0 aliphatic rings. The fourth-order valence-corrected chi connectivity index (χ4v) is 4.08. The third-order valence-electron chi connectivity index (χ3n) is 5.66. The van der Waals surface area contributed by atoms with E-state index in [1.165, 1.54) is 23.0 Å². The molecule has 14 heteroatoms. The Balaban J connectivity index is 1.85. The summed E-state index contributed by atoms with van der Waals surface area (Å²) >= 11 is 6.29. The predicted octanol–water partition coefficient (Wildman–Crippen LogP) is 3.10. The average Bonchev–Trinajstić information content (AvgIpc) is 2.91. The van der Waals surface area contributed by atoms with Crippen LogP contribution in [0.25, 0.3) is 16.6 Å². The van der Waals surface area contributed by atoms with Crippen LogP contribution >= 0.6 is 11.6 Å². The van der Waals surface area contributed by atoms with E-state index >= 15 is 0 Å². The first kappa shape index (κ1) is 27.2. The molecule has 0 aliphatic carbocycles. The molecule has 12 nitrogen and oxygen atoms in total. The van der Waals surface area contributed by atoms with E-state index in [-0.39, 0.29) is 52.1 Å². The zero-order valence-corrected chi connectivity index (χ0v) is 21.3. The van der Waals surface area contributed by atoms with E-state index < -0.39 is 23.4 Å². The van der Waals surface area contributed by atoms with Crippen LogP contribution in [0.5, 0.6) is 0 Å². The van der Waals surface area contributed by atoms with Crippen molar-refractivity contribution in [1.29, 1.82) is 5.26 Å². The molecular formula is C25H23ClFN9O3. The number of hydrogen-bond donors (Lipinski definition) is 5. The Kier molecular flexibility index (Phi) is 8.18. The third-order valence-corrected chi connectivity index (χ3v) is 5.98. The number of nitrogens with two attached hydrogens (primary N) is 1. The second-order valence-electron chi connectivity index (χ2n) is 8.33. The number of anilines is 3. The van der Waals surface area contributed by atoms with E-state index in [4.69, 9.17) is 22.4 Å². The van der Waals surface area contributed by atoms with Gasteiger partial charge in [0.05, 0.1) is 22.1 Å². The molecule has 0 unspecified atom stereocenters. The first-order valence-corrected chi connectivity index (χ1v) is 12.1. The number of carbonyl (C=O) groups is 1. The molecule has 39 heavy (non-hydrogen) atoms. The number of urea groups is 1. The summed E-state index contributed by atoms with van der Waals surface area (Å²) in [5.41, 5.74) is 5.56. The van der Waals surface area contributed by atoms with E-state index in [0.717, 1.165) is 6.07 Å². The summed E-state index contributed by atoms with van der Waals surface area (Å²) in [6.07, 6.45) is 1.56. The molecule has 200 valence electrons. The Labute approximate surface area is 226 Å². The molecule has 0 saturated heterocycles. The predicted molar refractivity (Wildman–Crippen MR) is 144 cm³/mol. The number of aliphatic hydroxyl groups is 1. The van der Waals surface area contributed by atoms with Gasteiger partial charge in [-0.1, -0.05) is 17.7 Å². The Bertz CT molecular complexity index is 1650. The second-order valence-corrected chi connectivity index (χ2v) is 8.74. The lowest BCUT2D eigenvalue weighted by molar-refractivity contribution is 0.249. The number of nitrogens with zero attached hydrogens (tertiary/aromatic N) is 5. The maximum atomic E-state index is 14.8. The van der Waals surface area contributed by atoms with Crippen molar-refractivity contribution in [3.63, 3.8) is 0 Å². The Hall–Kier alpha value is -4.80. The molecule has 0 fully saturated rings. The lowest BCUT2D eigenvalue weighted by atomic mass is 10.1. The molecule has 0 spiro atoms. The van der Waals surface area contributed by atoms with Crippen LogP contribution in [-0.4, -0.2) is 43.8 Å². The molecule has 2 amide bonds. The average molecular weight is 552 g/mol.